The van der Waals surface area contributed by atoms with Gasteiger partial charge in [0.1, 0.15) is 6.04 Å². The molecule has 9 heteroatoms. The van der Waals surface area contributed by atoms with Gasteiger partial charge in [-0.05, 0) is 12.1 Å². The highest BCUT2D eigenvalue weighted by Crippen LogP contribution is 2.52. The molecule has 2 aromatic heterocycles. The number of hydrogen-bond acceptors (Lipinski definition) is 2. The minimum Gasteiger partial charge on any atom is -0.360 e. The van der Waals surface area contributed by atoms with E-state index in [-0.39, 0.29) is 12.2 Å². The lowest BCUT2D eigenvalue weighted by Gasteiger charge is -2.02. The average Bonchev–Trinajstić information content (AvgIpc) is 2.88. The number of nitrogens with one attached hydrogen (secondary N) is 2. The first-order valence-corrected chi connectivity index (χ1v) is 8.35. The van der Waals surface area contributed by atoms with Crippen LogP contribution in [-0.2, 0) is 11.0 Å². The molecule has 0 aliphatic heterocycles. The van der Waals surface area contributed by atoms with Crippen molar-refractivity contribution in [3.8, 4) is 0 Å². The number of rotatable bonds is 4. The summed E-state index contributed by atoms with van der Waals surface area (Å²) in [6.45, 7) is 0. The van der Waals surface area contributed by atoms with Crippen LogP contribution in [0.15, 0.2) is 41.6 Å². The second-order valence-corrected chi connectivity index (χ2v) is 6.99. The number of nitrogens with zero attached hydrogens (tertiary/aromatic N) is 2. The molecule has 4 rings (SSSR count). The summed E-state index contributed by atoms with van der Waals surface area (Å²) in [5, 5.41) is 5.36. The van der Waals surface area contributed by atoms with Gasteiger partial charge in [0.05, 0.1) is 4.90 Å². The fraction of sp³-hybridized carbons (Fsp3) is 0.214. The number of halogens is 3. The summed E-state index contributed by atoms with van der Waals surface area (Å²) in [7, 11) is -1.57. The molecule has 2 unspecified atom stereocenters. The van der Waals surface area contributed by atoms with E-state index in [9.17, 15) is 13.0 Å². The zero-order chi connectivity index (χ0) is 16.2. The summed E-state index contributed by atoms with van der Waals surface area (Å²) in [5.41, 5.74) is 0.769. The van der Waals surface area contributed by atoms with Gasteiger partial charge >= 0.3 is 0 Å². The molecule has 0 saturated heterocycles. The highest BCUT2D eigenvalue weighted by atomic mass is 35.5. The van der Waals surface area contributed by atoms with Gasteiger partial charge in [-0.2, -0.15) is 5.10 Å². The monoisotopic (exact) mass is 356 g/mol. The number of H-pyrrole nitrogens is 1. The highest BCUT2D eigenvalue weighted by Gasteiger charge is 2.59. The summed E-state index contributed by atoms with van der Waals surface area (Å²) in [5.74, 6) is -2.41. The second-order valence-electron chi connectivity index (χ2n) is 5.38. The van der Waals surface area contributed by atoms with Crippen LogP contribution in [0.25, 0.3) is 10.9 Å². The number of fused-ring (bicyclic) bond motifs is 1. The molecule has 0 spiro atoms. The van der Waals surface area contributed by atoms with Crippen molar-refractivity contribution < 1.29 is 13.0 Å². The lowest BCUT2D eigenvalue weighted by Crippen LogP contribution is -2.07. The van der Waals surface area contributed by atoms with Crippen LogP contribution < -0.4 is 4.72 Å². The Balaban J connectivity index is 1.55. The molecule has 120 valence electrons. The molecule has 3 aromatic rings. The van der Waals surface area contributed by atoms with Crippen LogP contribution in [0.3, 0.4) is 0 Å². The van der Waals surface area contributed by atoms with E-state index in [1.807, 2.05) is 0 Å². The molecular weight excluding hydrogens is 346 g/mol. The van der Waals surface area contributed by atoms with E-state index in [4.69, 9.17) is 11.6 Å². The Hall–Kier alpha value is -1.93. The number of benzene rings is 1. The average molecular weight is 357 g/mol. The zero-order valence-electron chi connectivity index (χ0n) is 11.6. The van der Waals surface area contributed by atoms with Gasteiger partial charge < -0.3 is 4.98 Å². The molecule has 0 radical (unpaired) electrons. The van der Waals surface area contributed by atoms with Crippen LogP contribution in [0.4, 0.5) is 14.6 Å². The number of aromatic amines is 1. The Bertz CT molecular complexity index is 923. The highest BCUT2D eigenvalue weighted by molar-refractivity contribution is 7.86. The van der Waals surface area contributed by atoms with E-state index in [0.29, 0.717) is 9.92 Å². The van der Waals surface area contributed by atoms with Crippen molar-refractivity contribution >= 4 is 39.3 Å². The zero-order valence-corrected chi connectivity index (χ0v) is 13.2. The molecule has 1 aliphatic carbocycles. The van der Waals surface area contributed by atoms with Gasteiger partial charge in [-0.15, -0.1) is 0 Å². The van der Waals surface area contributed by atoms with Crippen LogP contribution in [0.5, 0.6) is 0 Å². The van der Waals surface area contributed by atoms with E-state index in [2.05, 4.69) is 14.8 Å². The number of hydrogen-bond donors (Lipinski definition) is 2. The SMILES string of the molecule is O=S(Nc1ccn(C2CC2(F)F)n1)c1c[nH]c2cc(Cl)ccc12. The van der Waals surface area contributed by atoms with Crippen molar-refractivity contribution in [2.24, 2.45) is 0 Å². The Labute approximate surface area is 137 Å². The van der Waals surface area contributed by atoms with Crippen molar-refractivity contribution in [2.45, 2.75) is 23.3 Å². The Morgan fingerprint density at radius 2 is 2.22 bits per heavy atom. The quantitative estimate of drug-likeness (QED) is 0.748. The summed E-state index contributed by atoms with van der Waals surface area (Å²) < 4.78 is 42.4. The van der Waals surface area contributed by atoms with Gasteiger partial charge in [0.15, 0.2) is 16.8 Å². The largest absolute Gasteiger partial charge is 0.360 e. The summed E-state index contributed by atoms with van der Waals surface area (Å²) in [4.78, 5) is 3.54. The van der Waals surface area contributed by atoms with Crippen molar-refractivity contribution in [3.63, 3.8) is 0 Å². The van der Waals surface area contributed by atoms with E-state index in [1.54, 1.807) is 24.4 Å². The van der Waals surface area contributed by atoms with E-state index < -0.39 is 22.9 Å². The van der Waals surface area contributed by atoms with Gasteiger partial charge in [0.2, 0.25) is 0 Å². The van der Waals surface area contributed by atoms with Crippen LogP contribution in [0, 0.1) is 0 Å². The maximum atomic E-state index is 13.0. The Morgan fingerprint density at radius 3 is 2.96 bits per heavy atom. The Morgan fingerprint density at radius 1 is 1.43 bits per heavy atom. The molecule has 1 fully saturated rings. The summed E-state index contributed by atoms with van der Waals surface area (Å²) in [6.07, 6.45) is 2.87. The molecular formula is C14H11ClF2N4OS. The second kappa shape index (κ2) is 5.04. The van der Waals surface area contributed by atoms with E-state index in [0.717, 1.165) is 10.9 Å². The normalized spacial score (nSPS) is 20.6. The maximum absolute atomic E-state index is 13.0. The minimum atomic E-state index is -2.70. The lowest BCUT2D eigenvalue weighted by molar-refractivity contribution is 0.0984. The van der Waals surface area contributed by atoms with Gasteiger partial charge in [-0.1, -0.05) is 17.7 Å². The van der Waals surface area contributed by atoms with Crippen molar-refractivity contribution in [1.82, 2.24) is 14.8 Å². The molecule has 1 aromatic carbocycles. The minimum absolute atomic E-state index is 0.208. The van der Waals surface area contributed by atoms with Crippen molar-refractivity contribution in [1.29, 1.82) is 0 Å². The molecule has 0 amide bonds. The van der Waals surface area contributed by atoms with E-state index in [1.165, 1.54) is 16.9 Å². The topological polar surface area (TPSA) is 62.7 Å². The first-order valence-electron chi connectivity index (χ1n) is 6.82. The van der Waals surface area contributed by atoms with Crippen LogP contribution in [0.1, 0.15) is 12.5 Å². The van der Waals surface area contributed by atoms with Crippen molar-refractivity contribution in [3.05, 3.63) is 41.7 Å². The van der Waals surface area contributed by atoms with Crippen LogP contribution in [0.2, 0.25) is 5.02 Å². The molecule has 1 aliphatic rings. The standard InChI is InChI=1S/C14H11ClF2N4OS/c15-8-1-2-9-10(5-8)18-7-11(9)23(22)20-13-3-4-21(19-13)12-6-14(12,16)17/h1-5,7,12,18H,6H2,(H,19,20). The van der Waals surface area contributed by atoms with Gasteiger partial charge in [0.25, 0.3) is 5.92 Å². The number of anilines is 1. The molecule has 2 N–H and O–H groups in total. The molecule has 5 nitrogen and oxygen atoms in total. The summed E-state index contributed by atoms with van der Waals surface area (Å²) in [6, 6.07) is 5.84. The predicted molar refractivity (Wildman–Crippen MR) is 84.2 cm³/mol. The number of alkyl halides is 2. The molecule has 2 heterocycles. The van der Waals surface area contributed by atoms with Gasteiger partial charge in [-0.3, -0.25) is 9.40 Å². The molecule has 23 heavy (non-hydrogen) atoms. The van der Waals surface area contributed by atoms with Crippen molar-refractivity contribution in [2.75, 3.05) is 4.72 Å². The third-order valence-corrected chi connectivity index (χ3v) is 5.09. The first kappa shape index (κ1) is 14.6. The Kier molecular flexibility index (Phi) is 3.21. The first-order chi connectivity index (χ1) is 10.9. The lowest BCUT2D eigenvalue weighted by atomic mass is 10.2. The van der Waals surface area contributed by atoms with E-state index >= 15 is 0 Å². The molecule has 1 saturated carbocycles. The van der Waals surface area contributed by atoms with Gasteiger partial charge in [0, 0.05) is 40.8 Å². The number of aromatic nitrogens is 3. The molecule has 0 bridgehead atoms. The van der Waals surface area contributed by atoms with Gasteiger partial charge in [-0.25, -0.2) is 13.0 Å². The fourth-order valence-corrected chi connectivity index (χ4v) is 3.55. The predicted octanol–water partition coefficient (Wildman–Crippen LogP) is 3.73. The van der Waals surface area contributed by atoms with Crippen LogP contribution in [-0.4, -0.2) is 24.9 Å². The maximum Gasteiger partial charge on any atom is 0.272 e. The van der Waals surface area contributed by atoms with Crippen LogP contribution >= 0.6 is 11.6 Å². The molecule has 2 atom stereocenters. The summed E-state index contributed by atoms with van der Waals surface area (Å²) >= 11 is 5.91. The smallest absolute Gasteiger partial charge is 0.272 e. The fourth-order valence-electron chi connectivity index (χ4n) is 2.43. The third kappa shape index (κ3) is 2.61. The third-order valence-electron chi connectivity index (χ3n) is 3.72.